The predicted octanol–water partition coefficient (Wildman–Crippen LogP) is 13.4. The lowest BCUT2D eigenvalue weighted by Crippen LogP contribution is -2.29. The third kappa shape index (κ3) is 41.5. The van der Waals surface area contributed by atoms with Gasteiger partial charge in [0.15, 0.2) is 6.10 Å². The fraction of sp³-hybridized carbons (Fsp3) is 0.907. The third-order valence-corrected chi connectivity index (χ3v) is 10.3. The SMILES string of the molecule is CCCCCCCCCC/C=C/CCCCCC(=O)O[C@H](COC(=O)CCCCCCCCCCCCCCCCCCCCC)COP(=O)(O)O. The van der Waals surface area contributed by atoms with Gasteiger partial charge in [0, 0.05) is 12.8 Å². The van der Waals surface area contributed by atoms with Crippen molar-refractivity contribution in [1.82, 2.24) is 0 Å². The van der Waals surface area contributed by atoms with E-state index in [1.165, 1.54) is 154 Å². The maximum atomic E-state index is 12.4. The van der Waals surface area contributed by atoms with Crippen LogP contribution in [0, 0.1) is 0 Å². The van der Waals surface area contributed by atoms with Crippen LogP contribution in [-0.2, 0) is 28.2 Å². The molecular formula is C43H83O8P. The van der Waals surface area contributed by atoms with Crippen LogP contribution >= 0.6 is 7.82 Å². The summed E-state index contributed by atoms with van der Waals surface area (Å²) in [6.07, 6.45) is 43.7. The molecule has 0 aliphatic carbocycles. The summed E-state index contributed by atoms with van der Waals surface area (Å²) in [6, 6.07) is 0. The number of esters is 2. The zero-order valence-corrected chi connectivity index (χ0v) is 34.9. The molecular weight excluding hydrogens is 675 g/mol. The minimum absolute atomic E-state index is 0.196. The number of ether oxygens (including phenoxy) is 2. The fourth-order valence-electron chi connectivity index (χ4n) is 6.49. The second-order valence-electron chi connectivity index (χ2n) is 15.0. The van der Waals surface area contributed by atoms with Crippen molar-refractivity contribution in [2.24, 2.45) is 0 Å². The van der Waals surface area contributed by atoms with Crippen LogP contribution in [0.2, 0.25) is 0 Å². The van der Waals surface area contributed by atoms with E-state index in [0.717, 1.165) is 44.9 Å². The Morgan fingerprint density at radius 2 is 0.808 bits per heavy atom. The molecule has 0 unspecified atom stereocenters. The molecule has 0 fully saturated rings. The van der Waals surface area contributed by atoms with Crippen molar-refractivity contribution >= 4 is 19.8 Å². The molecule has 0 aromatic rings. The standard InChI is InChI=1S/C43H83O8P/c1-3-5-7-9-11-13-15-17-19-20-21-22-24-25-27-29-31-33-35-37-42(44)49-39-41(40-50-52(46,47)48)51-43(45)38-36-34-32-30-28-26-23-18-16-14-12-10-8-6-4-2/h26,28,41H,3-25,27,29-40H2,1-2H3,(H2,46,47,48)/b28-26+/t41-/m1/s1. The van der Waals surface area contributed by atoms with Gasteiger partial charge in [0.05, 0.1) is 6.61 Å². The molecule has 0 aromatic carbocycles. The van der Waals surface area contributed by atoms with Crippen molar-refractivity contribution in [3.05, 3.63) is 12.2 Å². The van der Waals surface area contributed by atoms with Crippen molar-refractivity contribution in [3.63, 3.8) is 0 Å². The zero-order valence-electron chi connectivity index (χ0n) is 34.0. The number of unbranched alkanes of at least 4 members (excludes halogenated alkanes) is 29. The van der Waals surface area contributed by atoms with E-state index in [-0.39, 0.29) is 19.4 Å². The maximum Gasteiger partial charge on any atom is 0.469 e. The number of hydrogen-bond donors (Lipinski definition) is 2. The third-order valence-electron chi connectivity index (χ3n) is 9.78. The van der Waals surface area contributed by atoms with Gasteiger partial charge in [-0.15, -0.1) is 0 Å². The van der Waals surface area contributed by atoms with Gasteiger partial charge in [0.25, 0.3) is 0 Å². The second kappa shape index (κ2) is 39.5. The Hall–Kier alpha value is -1.21. The number of allylic oxidation sites excluding steroid dienone is 2. The first kappa shape index (κ1) is 50.8. The molecule has 0 saturated heterocycles. The largest absolute Gasteiger partial charge is 0.469 e. The highest BCUT2D eigenvalue weighted by Gasteiger charge is 2.22. The van der Waals surface area contributed by atoms with Gasteiger partial charge in [0.2, 0.25) is 0 Å². The molecule has 0 heterocycles. The van der Waals surface area contributed by atoms with Crippen LogP contribution in [0.4, 0.5) is 0 Å². The summed E-state index contributed by atoms with van der Waals surface area (Å²) in [6.45, 7) is 3.70. The lowest BCUT2D eigenvalue weighted by atomic mass is 10.0. The molecule has 0 spiro atoms. The number of rotatable bonds is 41. The van der Waals surface area contributed by atoms with Crippen LogP contribution in [0.3, 0.4) is 0 Å². The molecule has 0 rings (SSSR count). The molecule has 0 bridgehead atoms. The molecule has 0 aromatic heterocycles. The summed E-state index contributed by atoms with van der Waals surface area (Å²) >= 11 is 0. The Morgan fingerprint density at radius 1 is 0.481 bits per heavy atom. The van der Waals surface area contributed by atoms with Gasteiger partial charge in [-0.3, -0.25) is 14.1 Å². The second-order valence-corrected chi connectivity index (χ2v) is 16.3. The highest BCUT2D eigenvalue weighted by molar-refractivity contribution is 7.46. The molecule has 0 amide bonds. The van der Waals surface area contributed by atoms with E-state index in [2.05, 4.69) is 30.5 Å². The van der Waals surface area contributed by atoms with E-state index >= 15 is 0 Å². The first-order valence-electron chi connectivity index (χ1n) is 22.0. The zero-order chi connectivity index (χ0) is 38.2. The van der Waals surface area contributed by atoms with Gasteiger partial charge < -0.3 is 19.3 Å². The fourth-order valence-corrected chi connectivity index (χ4v) is 6.85. The first-order chi connectivity index (χ1) is 25.3. The predicted molar refractivity (Wildman–Crippen MR) is 216 cm³/mol. The lowest BCUT2D eigenvalue weighted by molar-refractivity contribution is -0.161. The Bertz CT molecular complexity index is 858. The smallest absolute Gasteiger partial charge is 0.462 e. The molecule has 8 nitrogen and oxygen atoms in total. The van der Waals surface area contributed by atoms with E-state index in [0.29, 0.717) is 6.42 Å². The normalized spacial score (nSPS) is 12.5. The average Bonchev–Trinajstić information content (AvgIpc) is 3.11. The van der Waals surface area contributed by atoms with Gasteiger partial charge in [0.1, 0.15) is 6.61 Å². The Balaban J connectivity index is 3.86. The number of phosphoric acid groups is 1. The number of carbonyl (C=O) groups excluding carboxylic acids is 2. The monoisotopic (exact) mass is 759 g/mol. The van der Waals surface area contributed by atoms with Gasteiger partial charge >= 0.3 is 19.8 Å². The summed E-state index contributed by atoms with van der Waals surface area (Å²) in [4.78, 5) is 42.9. The molecule has 308 valence electrons. The molecule has 0 radical (unpaired) electrons. The van der Waals surface area contributed by atoms with Crippen LogP contribution in [0.15, 0.2) is 12.2 Å². The Kier molecular flexibility index (Phi) is 38.6. The summed E-state index contributed by atoms with van der Waals surface area (Å²) < 4.78 is 26.4. The number of phosphoric ester groups is 1. The van der Waals surface area contributed by atoms with Crippen molar-refractivity contribution in [1.29, 1.82) is 0 Å². The van der Waals surface area contributed by atoms with Gasteiger partial charge in [-0.2, -0.15) is 0 Å². The van der Waals surface area contributed by atoms with E-state index in [1.54, 1.807) is 0 Å². The van der Waals surface area contributed by atoms with E-state index in [9.17, 15) is 14.2 Å². The number of hydrogen-bond acceptors (Lipinski definition) is 6. The Labute approximate surface area is 320 Å². The molecule has 9 heteroatoms. The van der Waals surface area contributed by atoms with Crippen molar-refractivity contribution < 1.29 is 37.9 Å². The number of carbonyl (C=O) groups is 2. The molecule has 2 N–H and O–H groups in total. The van der Waals surface area contributed by atoms with Crippen molar-refractivity contribution in [3.8, 4) is 0 Å². The molecule has 0 aliphatic rings. The molecule has 52 heavy (non-hydrogen) atoms. The Morgan fingerprint density at radius 3 is 1.19 bits per heavy atom. The minimum atomic E-state index is -4.75. The topological polar surface area (TPSA) is 119 Å². The quantitative estimate of drug-likeness (QED) is 0.0274. The summed E-state index contributed by atoms with van der Waals surface area (Å²) in [5.74, 6) is -0.890. The summed E-state index contributed by atoms with van der Waals surface area (Å²) in [5, 5.41) is 0. The highest BCUT2D eigenvalue weighted by atomic mass is 31.2. The molecule has 0 saturated carbocycles. The van der Waals surface area contributed by atoms with Gasteiger partial charge in [-0.05, 0) is 38.5 Å². The van der Waals surface area contributed by atoms with E-state index < -0.39 is 32.5 Å². The van der Waals surface area contributed by atoms with Crippen LogP contribution in [0.5, 0.6) is 0 Å². The summed E-state index contributed by atoms with van der Waals surface area (Å²) in [5.41, 5.74) is 0. The molecule has 0 aliphatic heterocycles. The maximum absolute atomic E-state index is 12.4. The average molecular weight is 759 g/mol. The van der Waals surface area contributed by atoms with Crippen LogP contribution in [-0.4, -0.2) is 41.0 Å². The van der Waals surface area contributed by atoms with Crippen molar-refractivity contribution in [2.75, 3.05) is 13.2 Å². The summed E-state index contributed by atoms with van der Waals surface area (Å²) in [7, 11) is -4.75. The van der Waals surface area contributed by atoms with Crippen molar-refractivity contribution in [2.45, 2.75) is 238 Å². The lowest BCUT2D eigenvalue weighted by Gasteiger charge is -2.18. The first-order valence-corrected chi connectivity index (χ1v) is 23.5. The van der Waals surface area contributed by atoms with E-state index in [4.69, 9.17) is 19.3 Å². The molecule has 1 atom stereocenters. The highest BCUT2D eigenvalue weighted by Crippen LogP contribution is 2.36. The van der Waals surface area contributed by atoms with Crippen LogP contribution in [0.25, 0.3) is 0 Å². The van der Waals surface area contributed by atoms with Gasteiger partial charge in [-0.1, -0.05) is 193 Å². The van der Waals surface area contributed by atoms with E-state index in [1.807, 2.05) is 0 Å². The minimum Gasteiger partial charge on any atom is -0.462 e. The van der Waals surface area contributed by atoms with Crippen LogP contribution < -0.4 is 0 Å². The van der Waals surface area contributed by atoms with Gasteiger partial charge in [-0.25, -0.2) is 4.57 Å². The van der Waals surface area contributed by atoms with Crippen LogP contribution in [0.1, 0.15) is 232 Å².